The number of hydrogen-bond acceptors (Lipinski definition) is 2. The van der Waals surface area contributed by atoms with Crippen molar-refractivity contribution in [1.29, 1.82) is 0 Å². The monoisotopic (exact) mass is 176 g/mol. The second kappa shape index (κ2) is 4.40. The third-order valence-corrected chi connectivity index (χ3v) is 1.66. The Kier molecular flexibility index (Phi) is 3.20. The van der Waals surface area contributed by atoms with Crippen LogP contribution >= 0.6 is 0 Å². The molecule has 0 saturated carbocycles. The molecule has 3 heteroatoms. The maximum Gasteiger partial charge on any atom is 0.214 e. The zero-order valence-electron chi connectivity index (χ0n) is 7.77. The fourth-order valence-electron chi connectivity index (χ4n) is 0.889. The molecular formula is C10H12N2O. The van der Waals surface area contributed by atoms with E-state index in [9.17, 15) is 4.79 Å². The van der Waals surface area contributed by atoms with Crippen LogP contribution in [0.4, 0.5) is 5.69 Å². The van der Waals surface area contributed by atoms with Crippen molar-refractivity contribution in [2.24, 2.45) is 4.99 Å². The molecule has 0 aromatic heterocycles. The summed E-state index contributed by atoms with van der Waals surface area (Å²) < 4.78 is 0. The van der Waals surface area contributed by atoms with Gasteiger partial charge in [0.15, 0.2) is 0 Å². The lowest BCUT2D eigenvalue weighted by Crippen LogP contribution is -2.12. The molecule has 1 aromatic rings. The first-order chi connectivity index (χ1) is 6.24. The van der Waals surface area contributed by atoms with Gasteiger partial charge in [0.05, 0.1) is 12.0 Å². The second-order valence-corrected chi connectivity index (χ2v) is 2.80. The Morgan fingerprint density at radius 2 is 2.08 bits per heavy atom. The number of benzene rings is 1. The van der Waals surface area contributed by atoms with Gasteiger partial charge in [-0.25, -0.2) is 4.99 Å². The minimum atomic E-state index is 0.710. The SMILES string of the molecule is Cc1ccccc1/N=C\N(C)C=O. The van der Waals surface area contributed by atoms with Crippen LogP contribution in [0, 0.1) is 6.92 Å². The highest BCUT2D eigenvalue weighted by Gasteiger charge is 1.92. The molecule has 0 unspecified atom stereocenters. The van der Waals surface area contributed by atoms with E-state index in [1.54, 1.807) is 7.05 Å². The number of rotatable bonds is 3. The van der Waals surface area contributed by atoms with E-state index in [2.05, 4.69) is 4.99 Å². The van der Waals surface area contributed by atoms with Gasteiger partial charge in [-0.2, -0.15) is 0 Å². The number of aryl methyl sites for hydroxylation is 1. The van der Waals surface area contributed by atoms with Crippen LogP contribution in [0.25, 0.3) is 0 Å². The van der Waals surface area contributed by atoms with Crippen molar-refractivity contribution < 1.29 is 4.79 Å². The molecule has 3 nitrogen and oxygen atoms in total. The number of aliphatic imine (C=N–C) groups is 1. The smallest absolute Gasteiger partial charge is 0.214 e. The standard InChI is InChI=1S/C10H12N2O/c1-9-5-3-4-6-10(9)11-7-12(2)8-13/h3-8H,1-2H3/b11-7-. The molecule has 13 heavy (non-hydrogen) atoms. The molecule has 1 rings (SSSR count). The third-order valence-electron chi connectivity index (χ3n) is 1.66. The quantitative estimate of drug-likeness (QED) is 0.392. The van der Waals surface area contributed by atoms with E-state index in [0.717, 1.165) is 11.3 Å². The van der Waals surface area contributed by atoms with E-state index in [1.165, 1.54) is 11.2 Å². The molecule has 0 fully saturated rings. The lowest BCUT2D eigenvalue weighted by Gasteiger charge is -2.02. The van der Waals surface area contributed by atoms with Gasteiger partial charge in [-0.1, -0.05) is 18.2 Å². The van der Waals surface area contributed by atoms with Gasteiger partial charge in [0.1, 0.15) is 0 Å². The fraction of sp³-hybridized carbons (Fsp3) is 0.200. The Morgan fingerprint density at radius 3 is 2.69 bits per heavy atom. The molecule has 0 radical (unpaired) electrons. The molecule has 1 amide bonds. The van der Waals surface area contributed by atoms with Gasteiger partial charge in [-0.05, 0) is 18.6 Å². The Balaban J connectivity index is 2.79. The van der Waals surface area contributed by atoms with Crippen LogP contribution in [0.1, 0.15) is 5.56 Å². The number of carbonyl (C=O) groups excluding carboxylic acids is 1. The van der Waals surface area contributed by atoms with Crippen LogP contribution in [0.15, 0.2) is 29.3 Å². The van der Waals surface area contributed by atoms with Crippen molar-refractivity contribution in [2.45, 2.75) is 6.92 Å². The summed E-state index contributed by atoms with van der Waals surface area (Å²) >= 11 is 0. The summed E-state index contributed by atoms with van der Waals surface area (Å²) in [6, 6.07) is 7.76. The number of amides is 1. The number of carbonyl (C=O) groups is 1. The van der Waals surface area contributed by atoms with Gasteiger partial charge < -0.3 is 4.90 Å². The number of para-hydroxylation sites is 1. The molecule has 0 N–H and O–H groups in total. The Bertz CT molecular complexity index is 320. The lowest BCUT2D eigenvalue weighted by molar-refractivity contribution is -0.113. The molecule has 0 spiro atoms. The van der Waals surface area contributed by atoms with E-state index in [1.807, 2.05) is 31.2 Å². The van der Waals surface area contributed by atoms with Crippen molar-refractivity contribution in [3.05, 3.63) is 29.8 Å². The first-order valence-corrected chi connectivity index (χ1v) is 4.01. The van der Waals surface area contributed by atoms with Gasteiger partial charge in [-0.15, -0.1) is 0 Å². The van der Waals surface area contributed by atoms with Crippen molar-refractivity contribution in [3.63, 3.8) is 0 Å². The zero-order valence-corrected chi connectivity index (χ0v) is 7.77. The summed E-state index contributed by atoms with van der Waals surface area (Å²) in [6.45, 7) is 1.98. The van der Waals surface area contributed by atoms with E-state index in [-0.39, 0.29) is 0 Å². The summed E-state index contributed by atoms with van der Waals surface area (Å²) in [7, 11) is 1.65. The van der Waals surface area contributed by atoms with Crippen LogP contribution in [0.3, 0.4) is 0 Å². The summed E-state index contributed by atoms with van der Waals surface area (Å²) in [6.07, 6.45) is 2.21. The van der Waals surface area contributed by atoms with Crippen molar-refractivity contribution in [3.8, 4) is 0 Å². The summed E-state index contributed by atoms with van der Waals surface area (Å²) in [4.78, 5) is 15.8. The predicted molar refractivity (Wildman–Crippen MR) is 53.2 cm³/mol. The summed E-state index contributed by atoms with van der Waals surface area (Å²) in [5, 5.41) is 0. The maximum absolute atomic E-state index is 10.2. The topological polar surface area (TPSA) is 32.7 Å². The summed E-state index contributed by atoms with van der Waals surface area (Å²) in [5.41, 5.74) is 1.98. The molecule has 0 aliphatic carbocycles. The average Bonchev–Trinajstić information content (AvgIpc) is 2.16. The molecule has 0 heterocycles. The van der Waals surface area contributed by atoms with Crippen LogP contribution in [-0.2, 0) is 4.79 Å². The third kappa shape index (κ3) is 2.71. The van der Waals surface area contributed by atoms with Crippen LogP contribution in [0.5, 0.6) is 0 Å². The molecule has 0 aliphatic rings. The van der Waals surface area contributed by atoms with Crippen LogP contribution in [-0.4, -0.2) is 24.7 Å². The van der Waals surface area contributed by atoms with E-state index in [0.29, 0.717) is 6.41 Å². The van der Waals surface area contributed by atoms with Crippen molar-refractivity contribution in [1.82, 2.24) is 4.90 Å². The molecule has 0 aliphatic heterocycles. The van der Waals surface area contributed by atoms with E-state index < -0.39 is 0 Å². The number of nitrogens with zero attached hydrogens (tertiary/aromatic N) is 2. The van der Waals surface area contributed by atoms with Crippen molar-refractivity contribution >= 4 is 18.4 Å². The summed E-state index contributed by atoms with van der Waals surface area (Å²) in [5.74, 6) is 0. The largest absolute Gasteiger partial charge is 0.309 e. The van der Waals surface area contributed by atoms with Gasteiger partial charge in [0, 0.05) is 7.05 Å². The normalized spacial score (nSPS) is 10.3. The average molecular weight is 176 g/mol. The van der Waals surface area contributed by atoms with E-state index >= 15 is 0 Å². The molecule has 0 atom stereocenters. The predicted octanol–water partition coefficient (Wildman–Crippen LogP) is 1.74. The zero-order chi connectivity index (χ0) is 9.68. The number of hydrogen-bond donors (Lipinski definition) is 0. The highest BCUT2D eigenvalue weighted by molar-refractivity contribution is 5.74. The lowest BCUT2D eigenvalue weighted by atomic mass is 10.2. The molecule has 0 bridgehead atoms. The fourth-order valence-corrected chi connectivity index (χ4v) is 0.889. The minimum absolute atomic E-state index is 0.710. The Labute approximate surface area is 77.7 Å². The Morgan fingerprint density at radius 1 is 1.38 bits per heavy atom. The highest BCUT2D eigenvalue weighted by atomic mass is 16.1. The van der Waals surface area contributed by atoms with Gasteiger partial charge in [0.2, 0.25) is 6.41 Å². The maximum atomic E-state index is 10.2. The molecule has 68 valence electrons. The second-order valence-electron chi connectivity index (χ2n) is 2.80. The van der Waals surface area contributed by atoms with Gasteiger partial charge in [0.25, 0.3) is 0 Å². The highest BCUT2D eigenvalue weighted by Crippen LogP contribution is 2.15. The van der Waals surface area contributed by atoms with Crippen molar-refractivity contribution in [2.75, 3.05) is 7.05 Å². The first kappa shape index (κ1) is 9.45. The van der Waals surface area contributed by atoms with Gasteiger partial charge in [-0.3, -0.25) is 4.79 Å². The molecule has 1 aromatic carbocycles. The van der Waals surface area contributed by atoms with Crippen LogP contribution < -0.4 is 0 Å². The molecule has 0 saturated heterocycles. The van der Waals surface area contributed by atoms with Crippen LogP contribution in [0.2, 0.25) is 0 Å². The van der Waals surface area contributed by atoms with Gasteiger partial charge >= 0.3 is 0 Å². The molecular weight excluding hydrogens is 164 g/mol. The first-order valence-electron chi connectivity index (χ1n) is 4.01. The Hall–Kier alpha value is -1.64. The minimum Gasteiger partial charge on any atom is -0.309 e. The van der Waals surface area contributed by atoms with E-state index in [4.69, 9.17) is 0 Å².